The Hall–Kier alpha value is -1.82. The maximum Gasteiger partial charge on any atom is 0.265 e. The normalized spacial score (nSPS) is 17.3. The van der Waals surface area contributed by atoms with Crippen molar-refractivity contribution in [3.63, 3.8) is 0 Å². The fourth-order valence-electron chi connectivity index (χ4n) is 2.64. The molecule has 1 aliphatic heterocycles. The predicted octanol–water partition coefficient (Wildman–Crippen LogP) is 3.91. The summed E-state index contributed by atoms with van der Waals surface area (Å²) in [5.41, 5.74) is 1.49. The summed E-state index contributed by atoms with van der Waals surface area (Å²) in [5, 5.41) is 9.89. The molecule has 0 aromatic heterocycles. The van der Waals surface area contributed by atoms with Gasteiger partial charge in [-0.3, -0.25) is 4.79 Å². The molecule has 2 rings (SSSR count). The van der Waals surface area contributed by atoms with Crippen LogP contribution in [0.3, 0.4) is 0 Å². The number of rotatable bonds is 7. The number of amides is 1. The van der Waals surface area contributed by atoms with E-state index in [1.807, 2.05) is 18.2 Å². The Morgan fingerprint density at radius 2 is 2.21 bits per heavy atom. The van der Waals surface area contributed by atoms with Crippen LogP contribution in [0.25, 0.3) is 0 Å². The number of ether oxygens (including phenoxy) is 1. The van der Waals surface area contributed by atoms with Gasteiger partial charge >= 0.3 is 0 Å². The van der Waals surface area contributed by atoms with Gasteiger partial charge in [-0.05, 0) is 49.7 Å². The molecule has 1 amide bonds. The van der Waals surface area contributed by atoms with Crippen molar-refractivity contribution < 1.29 is 9.53 Å². The first-order chi connectivity index (χ1) is 11.5. The minimum absolute atomic E-state index is 0.137. The predicted molar refractivity (Wildman–Crippen MR) is 103 cm³/mol. The lowest BCUT2D eigenvalue weighted by molar-refractivity contribution is -0.122. The lowest BCUT2D eigenvalue weighted by Gasteiger charge is -2.24. The topological polar surface area (TPSA) is 62.4 Å². The van der Waals surface area contributed by atoms with E-state index in [0.717, 1.165) is 18.7 Å². The van der Waals surface area contributed by atoms with Crippen LogP contribution >= 0.6 is 12.2 Å². The first-order valence-corrected chi connectivity index (χ1v) is 9.10. The SMILES string of the molecule is CCCC[C@@H](CC)CNC(=S)Nc1ccc2c(c1)NC(=O)[C@H](C)O2. The number of thiocarbonyl (C=S) groups is 1. The third-order valence-electron chi connectivity index (χ3n) is 4.26. The van der Waals surface area contributed by atoms with Crippen LogP contribution in [0.5, 0.6) is 5.75 Å². The fourth-order valence-corrected chi connectivity index (χ4v) is 2.84. The highest BCUT2D eigenvalue weighted by Gasteiger charge is 2.23. The third kappa shape index (κ3) is 5.09. The monoisotopic (exact) mass is 349 g/mol. The molecule has 1 aliphatic rings. The number of unbranched alkanes of at least 4 members (excludes halogenated alkanes) is 1. The molecule has 0 aliphatic carbocycles. The maximum absolute atomic E-state index is 11.7. The van der Waals surface area contributed by atoms with Crippen molar-refractivity contribution >= 4 is 34.6 Å². The van der Waals surface area contributed by atoms with Gasteiger partial charge in [0, 0.05) is 12.2 Å². The van der Waals surface area contributed by atoms with E-state index >= 15 is 0 Å². The Morgan fingerprint density at radius 3 is 2.92 bits per heavy atom. The molecule has 0 spiro atoms. The van der Waals surface area contributed by atoms with Crippen LogP contribution < -0.4 is 20.7 Å². The number of hydrogen-bond donors (Lipinski definition) is 3. The summed E-state index contributed by atoms with van der Waals surface area (Å²) >= 11 is 5.37. The van der Waals surface area contributed by atoms with Gasteiger partial charge in [0.2, 0.25) is 0 Å². The van der Waals surface area contributed by atoms with Gasteiger partial charge in [-0.2, -0.15) is 0 Å². The van der Waals surface area contributed by atoms with Crippen LogP contribution in [0.4, 0.5) is 11.4 Å². The highest BCUT2D eigenvalue weighted by Crippen LogP contribution is 2.32. The van der Waals surface area contributed by atoms with Gasteiger partial charge in [0.05, 0.1) is 5.69 Å². The van der Waals surface area contributed by atoms with E-state index < -0.39 is 6.10 Å². The Bertz CT molecular complexity index is 592. The van der Waals surface area contributed by atoms with Crippen molar-refractivity contribution in [2.45, 2.75) is 52.6 Å². The Kier molecular flexibility index (Phi) is 6.85. The number of benzene rings is 1. The van der Waals surface area contributed by atoms with Gasteiger partial charge in [0.25, 0.3) is 5.91 Å². The molecule has 0 saturated carbocycles. The first-order valence-electron chi connectivity index (χ1n) is 8.69. The van der Waals surface area contributed by atoms with Crippen LogP contribution in [0.1, 0.15) is 46.5 Å². The standard InChI is InChI=1S/C18H27N3O2S/c1-4-6-7-13(5-2)11-19-18(24)20-14-8-9-16-15(10-14)21-17(22)12(3)23-16/h8-10,12-13H,4-7,11H2,1-3H3,(H,21,22)(H2,19,20,24)/t12-,13+/m0/s1. The Balaban J connectivity index is 1.88. The minimum atomic E-state index is -0.465. The second-order valence-corrected chi connectivity index (χ2v) is 6.62. The first kappa shape index (κ1) is 18.5. The second kappa shape index (κ2) is 8.87. The van der Waals surface area contributed by atoms with Crippen LogP contribution in [0, 0.1) is 5.92 Å². The van der Waals surface area contributed by atoms with Crippen molar-refractivity contribution in [1.29, 1.82) is 0 Å². The fraction of sp³-hybridized carbons (Fsp3) is 0.556. The molecule has 24 heavy (non-hydrogen) atoms. The lowest BCUT2D eigenvalue weighted by atomic mass is 9.99. The van der Waals surface area contributed by atoms with Gasteiger partial charge < -0.3 is 20.7 Å². The Labute approximate surface area is 149 Å². The van der Waals surface area contributed by atoms with E-state index in [2.05, 4.69) is 29.8 Å². The molecule has 1 heterocycles. The van der Waals surface area contributed by atoms with Crippen LogP contribution in [0.15, 0.2) is 18.2 Å². The zero-order valence-corrected chi connectivity index (χ0v) is 15.5. The largest absolute Gasteiger partial charge is 0.479 e. The summed E-state index contributed by atoms with van der Waals surface area (Å²) in [6.07, 6.45) is 4.39. The molecule has 1 aromatic rings. The van der Waals surface area contributed by atoms with Crippen LogP contribution in [-0.2, 0) is 4.79 Å². The van der Waals surface area contributed by atoms with Crippen molar-refractivity contribution in [3.05, 3.63) is 18.2 Å². The summed E-state index contributed by atoms with van der Waals surface area (Å²) in [7, 11) is 0. The number of carbonyl (C=O) groups is 1. The average Bonchev–Trinajstić information content (AvgIpc) is 2.56. The highest BCUT2D eigenvalue weighted by atomic mass is 32.1. The van der Waals surface area contributed by atoms with Gasteiger partial charge in [-0.25, -0.2) is 0 Å². The molecule has 1 aromatic carbocycles. The van der Waals surface area contributed by atoms with Gasteiger partial charge in [0.1, 0.15) is 5.75 Å². The van der Waals surface area contributed by atoms with Crippen LogP contribution in [0.2, 0.25) is 0 Å². The molecular formula is C18H27N3O2S. The van der Waals surface area contributed by atoms with E-state index in [1.165, 1.54) is 19.3 Å². The maximum atomic E-state index is 11.7. The molecule has 0 saturated heterocycles. The summed E-state index contributed by atoms with van der Waals surface area (Å²) in [4.78, 5) is 11.7. The molecule has 0 radical (unpaired) electrons. The summed E-state index contributed by atoms with van der Waals surface area (Å²) in [5.74, 6) is 1.18. The number of carbonyl (C=O) groups excluding carboxylic acids is 1. The third-order valence-corrected chi connectivity index (χ3v) is 4.51. The van der Waals surface area contributed by atoms with E-state index in [9.17, 15) is 4.79 Å². The number of anilines is 2. The number of fused-ring (bicyclic) bond motifs is 1. The Morgan fingerprint density at radius 1 is 1.42 bits per heavy atom. The van der Waals surface area contributed by atoms with E-state index in [-0.39, 0.29) is 5.91 Å². The van der Waals surface area contributed by atoms with Crippen molar-refractivity contribution in [3.8, 4) is 5.75 Å². The summed E-state index contributed by atoms with van der Waals surface area (Å²) in [6.45, 7) is 7.04. The van der Waals surface area contributed by atoms with Crippen molar-refractivity contribution in [2.75, 3.05) is 17.2 Å². The van der Waals surface area contributed by atoms with Gasteiger partial charge in [0.15, 0.2) is 11.2 Å². The number of nitrogens with one attached hydrogen (secondary N) is 3. The van der Waals surface area contributed by atoms with Crippen LogP contribution in [-0.4, -0.2) is 23.7 Å². The molecule has 0 fully saturated rings. The van der Waals surface area contributed by atoms with Crippen molar-refractivity contribution in [2.24, 2.45) is 5.92 Å². The molecule has 0 unspecified atom stereocenters. The number of hydrogen-bond acceptors (Lipinski definition) is 3. The second-order valence-electron chi connectivity index (χ2n) is 6.21. The smallest absolute Gasteiger partial charge is 0.265 e. The molecule has 5 nitrogen and oxygen atoms in total. The quantitative estimate of drug-likeness (QED) is 0.652. The van der Waals surface area contributed by atoms with Crippen molar-refractivity contribution in [1.82, 2.24) is 5.32 Å². The summed E-state index contributed by atoms with van der Waals surface area (Å²) in [6, 6.07) is 5.57. The minimum Gasteiger partial charge on any atom is -0.479 e. The zero-order valence-electron chi connectivity index (χ0n) is 14.6. The van der Waals surface area contributed by atoms with E-state index in [4.69, 9.17) is 17.0 Å². The molecule has 0 bridgehead atoms. The highest BCUT2D eigenvalue weighted by molar-refractivity contribution is 7.80. The van der Waals surface area contributed by atoms with E-state index in [0.29, 0.717) is 22.5 Å². The van der Waals surface area contributed by atoms with Gasteiger partial charge in [-0.1, -0.05) is 33.1 Å². The lowest BCUT2D eigenvalue weighted by Crippen LogP contribution is -2.35. The zero-order chi connectivity index (χ0) is 17.5. The summed E-state index contributed by atoms with van der Waals surface area (Å²) < 4.78 is 5.55. The average molecular weight is 350 g/mol. The molecule has 2 atom stereocenters. The molecular weight excluding hydrogens is 322 g/mol. The van der Waals surface area contributed by atoms with Gasteiger partial charge in [-0.15, -0.1) is 0 Å². The molecule has 132 valence electrons. The van der Waals surface area contributed by atoms with E-state index in [1.54, 1.807) is 6.92 Å². The molecule has 6 heteroatoms. The molecule has 3 N–H and O–H groups in total.